The lowest BCUT2D eigenvalue weighted by molar-refractivity contribution is 0.398. The van der Waals surface area contributed by atoms with E-state index in [9.17, 15) is 0 Å². The monoisotopic (exact) mass is 289 g/mol. The van der Waals surface area contributed by atoms with Crippen molar-refractivity contribution >= 4 is 28.1 Å². The minimum atomic E-state index is 0.629. The van der Waals surface area contributed by atoms with Crippen LogP contribution >= 0.6 is 15.9 Å². The second-order valence-corrected chi connectivity index (χ2v) is 4.44. The highest BCUT2D eigenvalue weighted by atomic mass is 79.9. The standard InChI is InChI=1S/C14H12BrNO/c1-17-14-8-7-12(10-16-14)6-5-11-3-2-4-13(15)9-11/h2-10H,1H3. The normalized spacial score (nSPS) is 10.7. The molecule has 0 saturated carbocycles. The van der Waals surface area contributed by atoms with E-state index in [1.807, 2.05) is 36.4 Å². The fourth-order valence-electron chi connectivity index (χ4n) is 1.41. The van der Waals surface area contributed by atoms with Crippen LogP contribution in [0, 0.1) is 0 Å². The van der Waals surface area contributed by atoms with Crippen LogP contribution in [0.4, 0.5) is 0 Å². The molecule has 2 rings (SSSR count). The number of hydrogen-bond donors (Lipinski definition) is 0. The van der Waals surface area contributed by atoms with E-state index in [1.54, 1.807) is 13.3 Å². The van der Waals surface area contributed by atoms with Gasteiger partial charge in [-0.05, 0) is 29.3 Å². The Kier molecular flexibility index (Phi) is 3.94. The molecule has 0 spiro atoms. The molecule has 3 heteroatoms. The molecule has 1 aromatic carbocycles. The van der Waals surface area contributed by atoms with Crippen molar-refractivity contribution in [2.75, 3.05) is 7.11 Å². The lowest BCUT2D eigenvalue weighted by atomic mass is 10.2. The quantitative estimate of drug-likeness (QED) is 0.851. The summed E-state index contributed by atoms with van der Waals surface area (Å²) in [6.07, 6.45) is 5.86. The lowest BCUT2D eigenvalue weighted by Crippen LogP contribution is -1.86. The summed E-state index contributed by atoms with van der Waals surface area (Å²) in [5, 5.41) is 0. The summed E-state index contributed by atoms with van der Waals surface area (Å²) in [7, 11) is 1.61. The van der Waals surface area contributed by atoms with Gasteiger partial charge in [0.05, 0.1) is 7.11 Å². The van der Waals surface area contributed by atoms with Crippen LogP contribution in [0.15, 0.2) is 47.1 Å². The zero-order valence-corrected chi connectivity index (χ0v) is 11.0. The van der Waals surface area contributed by atoms with Crippen molar-refractivity contribution in [2.24, 2.45) is 0 Å². The second kappa shape index (κ2) is 5.64. The van der Waals surface area contributed by atoms with Gasteiger partial charge in [-0.1, -0.05) is 40.2 Å². The van der Waals surface area contributed by atoms with Gasteiger partial charge in [0, 0.05) is 16.7 Å². The number of rotatable bonds is 3. The highest BCUT2D eigenvalue weighted by Gasteiger charge is 1.92. The Hall–Kier alpha value is -1.61. The Labute approximate surface area is 109 Å². The first-order valence-electron chi connectivity index (χ1n) is 5.21. The Morgan fingerprint density at radius 2 is 1.94 bits per heavy atom. The van der Waals surface area contributed by atoms with Crippen molar-refractivity contribution < 1.29 is 4.74 Å². The first kappa shape index (κ1) is 11.9. The Morgan fingerprint density at radius 3 is 2.59 bits per heavy atom. The third kappa shape index (κ3) is 3.43. The van der Waals surface area contributed by atoms with E-state index in [0.29, 0.717) is 5.88 Å². The van der Waals surface area contributed by atoms with Gasteiger partial charge in [-0.2, -0.15) is 0 Å². The smallest absolute Gasteiger partial charge is 0.212 e. The maximum Gasteiger partial charge on any atom is 0.212 e. The number of nitrogens with zero attached hydrogens (tertiary/aromatic N) is 1. The number of aromatic nitrogens is 1. The molecule has 17 heavy (non-hydrogen) atoms. The number of pyridine rings is 1. The minimum absolute atomic E-state index is 0.629. The summed E-state index contributed by atoms with van der Waals surface area (Å²) in [6, 6.07) is 12.0. The SMILES string of the molecule is COc1ccc(C=Cc2cccc(Br)c2)cn1. The van der Waals surface area contributed by atoms with Crippen LogP contribution in [-0.4, -0.2) is 12.1 Å². The van der Waals surface area contributed by atoms with Gasteiger partial charge in [-0.3, -0.25) is 0 Å². The van der Waals surface area contributed by atoms with E-state index in [1.165, 1.54) is 0 Å². The van der Waals surface area contributed by atoms with Gasteiger partial charge in [-0.25, -0.2) is 4.98 Å². The molecule has 1 aromatic heterocycles. The van der Waals surface area contributed by atoms with Crippen molar-refractivity contribution in [3.8, 4) is 5.88 Å². The van der Waals surface area contributed by atoms with Gasteiger partial charge in [0.1, 0.15) is 0 Å². The summed E-state index contributed by atoms with van der Waals surface area (Å²) in [6.45, 7) is 0. The first-order valence-corrected chi connectivity index (χ1v) is 6.01. The van der Waals surface area contributed by atoms with Crippen molar-refractivity contribution in [3.05, 3.63) is 58.2 Å². The molecule has 2 aromatic rings. The van der Waals surface area contributed by atoms with E-state index in [2.05, 4.69) is 33.0 Å². The van der Waals surface area contributed by atoms with E-state index in [4.69, 9.17) is 4.74 Å². The van der Waals surface area contributed by atoms with Crippen LogP contribution < -0.4 is 4.74 Å². The predicted octanol–water partition coefficient (Wildman–Crippen LogP) is 4.02. The van der Waals surface area contributed by atoms with Crippen LogP contribution in [0.25, 0.3) is 12.2 Å². The molecule has 0 N–H and O–H groups in total. The zero-order chi connectivity index (χ0) is 12.1. The molecule has 2 nitrogen and oxygen atoms in total. The summed E-state index contributed by atoms with van der Waals surface area (Å²) in [5.74, 6) is 0.629. The molecule has 0 aliphatic rings. The molecule has 0 fully saturated rings. The molecule has 0 atom stereocenters. The first-order chi connectivity index (χ1) is 8.28. The fourth-order valence-corrected chi connectivity index (χ4v) is 1.83. The number of halogens is 1. The number of ether oxygens (including phenoxy) is 1. The Bertz CT molecular complexity index is 520. The molecule has 0 bridgehead atoms. The van der Waals surface area contributed by atoms with Crippen molar-refractivity contribution in [2.45, 2.75) is 0 Å². The third-order valence-electron chi connectivity index (χ3n) is 2.29. The van der Waals surface area contributed by atoms with Crippen LogP contribution in [-0.2, 0) is 0 Å². The van der Waals surface area contributed by atoms with Gasteiger partial charge in [0.15, 0.2) is 0 Å². The molecular formula is C14H12BrNO. The summed E-state index contributed by atoms with van der Waals surface area (Å²) >= 11 is 3.44. The van der Waals surface area contributed by atoms with Gasteiger partial charge >= 0.3 is 0 Å². The largest absolute Gasteiger partial charge is 0.481 e. The molecule has 0 unspecified atom stereocenters. The van der Waals surface area contributed by atoms with E-state index in [0.717, 1.165) is 15.6 Å². The Morgan fingerprint density at radius 1 is 1.12 bits per heavy atom. The topological polar surface area (TPSA) is 22.1 Å². The minimum Gasteiger partial charge on any atom is -0.481 e. The predicted molar refractivity (Wildman–Crippen MR) is 73.9 cm³/mol. The molecular weight excluding hydrogens is 278 g/mol. The van der Waals surface area contributed by atoms with Crippen LogP contribution in [0.2, 0.25) is 0 Å². The number of methoxy groups -OCH3 is 1. The average Bonchev–Trinajstić information content (AvgIpc) is 2.37. The van der Waals surface area contributed by atoms with Gasteiger partial charge in [0.2, 0.25) is 5.88 Å². The summed E-state index contributed by atoms with van der Waals surface area (Å²) < 4.78 is 6.08. The second-order valence-electron chi connectivity index (χ2n) is 3.52. The maximum atomic E-state index is 5.01. The number of benzene rings is 1. The van der Waals surface area contributed by atoms with Gasteiger partial charge in [0.25, 0.3) is 0 Å². The number of hydrogen-bond acceptors (Lipinski definition) is 2. The zero-order valence-electron chi connectivity index (χ0n) is 9.43. The van der Waals surface area contributed by atoms with Crippen LogP contribution in [0.1, 0.15) is 11.1 Å². The molecule has 0 radical (unpaired) electrons. The summed E-state index contributed by atoms with van der Waals surface area (Å²) in [5.41, 5.74) is 2.20. The average molecular weight is 290 g/mol. The van der Waals surface area contributed by atoms with E-state index < -0.39 is 0 Å². The van der Waals surface area contributed by atoms with E-state index in [-0.39, 0.29) is 0 Å². The molecule has 1 heterocycles. The van der Waals surface area contributed by atoms with Crippen molar-refractivity contribution in [1.29, 1.82) is 0 Å². The van der Waals surface area contributed by atoms with Crippen molar-refractivity contribution in [3.63, 3.8) is 0 Å². The van der Waals surface area contributed by atoms with Gasteiger partial charge < -0.3 is 4.74 Å². The van der Waals surface area contributed by atoms with Crippen LogP contribution in [0.5, 0.6) is 5.88 Å². The van der Waals surface area contributed by atoms with Crippen molar-refractivity contribution in [1.82, 2.24) is 4.98 Å². The van der Waals surface area contributed by atoms with Gasteiger partial charge in [-0.15, -0.1) is 0 Å². The third-order valence-corrected chi connectivity index (χ3v) is 2.78. The van der Waals surface area contributed by atoms with Crippen LogP contribution in [0.3, 0.4) is 0 Å². The molecule has 86 valence electrons. The molecule has 0 saturated heterocycles. The molecule has 0 aliphatic heterocycles. The highest BCUT2D eigenvalue weighted by molar-refractivity contribution is 9.10. The lowest BCUT2D eigenvalue weighted by Gasteiger charge is -1.98. The molecule has 0 aliphatic carbocycles. The highest BCUT2D eigenvalue weighted by Crippen LogP contribution is 2.15. The summed E-state index contributed by atoms with van der Waals surface area (Å²) in [4.78, 5) is 4.14. The Balaban J connectivity index is 2.14. The maximum absolute atomic E-state index is 5.01. The van der Waals surface area contributed by atoms with E-state index >= 15 is 0 Å². The fraction of sp³-hybridized carbons (Fsp3) is 0.0714. The molecule has 0 amide bonds.